The van der Waals surface area contributed by atoms with Gasteiger partial charge in [0.25, 0.3) is 0 Å². The summed E-state index contributed by atoms with van der Waals surface area (Å²) in [6.45, 7) is 1.55. The Bertz CT molecular complexity index is 419. The summed E-state index contributed by atoms with van der Waals surface area (Å²) in [5.41, 5.74) is -1.86. The first-order chi connectivity index (χ1) is 8.03. The number of nitrogens with one attached hydrogen (secondary N) is 1. The van der Waals surface area contributed by atoms with Gasteiger partial charge in [0, 0.05) is 12.5 Å². The summed E-state index contributed by atoms with van der Waals surface area (Å²) in [6, 6.07) is 0. The van der Waals surface area contributed by atoms with Crippen LogP contribution in [0.3, 0.4) is 0 Å². The predicted molar refractivity (Wildman–Crippen MR) is 51.5 cm³/mol. The minimum absolute atomic E-state index is 0.0566. The fourth-order valence-corrected chi connectivity index (χ4v) is 2.21. The zero-order chi connectivity index (χ0) is 12.1. The van der Waals surface area contributed by atoms with E-state index >= 15 is 0 Å². The Kier molecular flexibility index (Phi) is 2.23. The number of halogens is 3. The Labute approximate surface area is 95.6 Å². The van der Waals surface area contributed by atoms with E-state index in [2.05, 4.69) is 15.5 Å². The van der Waals surface area contributed by atoms with Crippen LogP contribution in [0.5, 0.6) is 0 Å². The molecular weight excluding hydrogens is 235 g/mol. The highest BCUT2D eigenvalue weighted by Gasteiger charge is 2.68. The number of nitrogens with zero attached hydrogens (tertiary/aromatic N) is 2. The third-order valence-electron chi connectivity index (χ3n) is 3.57. The molecule has 3 rings (SSSR count). The first kappa shape index (κ1) is 11.0. The van der Waals surface area contributed by atoms with E-state index in [1.807, 2.05) is 0 Å². The van der Waals surface area contributed by atoms with Gasteiger partial charge in [0.05, 0.1) is 0 Å². The number of hydrogen-bond acceptors (Lipinski definition) is 4. The van der Waals surface area contributed by atoms with Gasteiger partial charge in [0.15, 0.2) is 5.82 Å². The summed E-state index contributed by atoms with van der Waals surface area (Å²) < 4.78 is 43.3. The van der Waals surface area contributed by atoms with E-state index < -0.39 is 11.6 Å². The van der Waals surface area contributed by atoms with E-state index in [0.29, 0.717) is 12.4 Å². The van der Waals surface area contributed by atoms with Crippen molar-refractivity contribution in [1.82, 2.24) is 15.5 Å². The molecule has 1 aliphatic carbocycles. The Morgan fingerprint density at radius 3 is 2.65 bits per heavy atom. The maximum atomic E-state index is 12.8. The summed E-state index contributed by atoms with van der Waals surface area (Å²) in [5.74, 6) is 0.226. The predicted octanol–water partition coefficient (Wildman–Crippen LogP) is 1.74. The van der Waals surface area contributed by atoms with Gasteiger partial charge in [-0.15, -0.1) is 0 Å². The third kappa shape index (κ3) is 1.64. The summed E-state index contributed by atoms with van der Waals surface area (Å²) >= 11 is 0. The van der Waals surface area contributed by atoms with Crippen LogP contribution in [0.1, 0.15) is 36.9 Å². The van der Waals surface area contributed by atoms with Crippen LogP contribution in [0.2, 0.25) is 0 Å². The van der Waals surface area contributed by atoms with E-state index in [1.54, 1.807) is 0 Å². The van der Waals surface area contributed by atoms with Crippen LogP contribution < -0.4 is 5.32 Å². The summed E-state index contributed by atoms with van der Waals surface area (Å²) in [7, 11) is 0. The van der Waals surface area contributed by atoms with Crippen molar-refractivity contribution in [2.75, 3.05) is 13.1 Å². The lowest BCUT2D eigenvalue weighted by atomic mass is 10.1. The highest BCUT2D eigenvalue weighted by molar-refractivity contribution is 5.20. The average molecular weight is 247 g/mol. The van der Waals surface area contributed by atoms with Gasteiger partial charge >= 0.3 is 6.18 Å². The quantitative estimate of drug-likeness (QED) is 0.864. The Morgan fingerprint density at radius 2 is 2.12 bits per heavy atom. The van der Waals surface area contributed by atoms with Crippen molar-refractivity contribution < 1.29 is 17.7 Å². The van der Waals surface area contributed by atoms with Crippen LogP contribution >= 0.6 is 0 Å². The Balaban J connectivity index is 1.85. The molecule has 1 aromatic heterocycles. The fraction of sp³-hybridized carbons (Fsp3) is 0.800. The molecule has 1 saturated heterocycles. The van der Waals surface area contributed by atoms with E-state index in [4.69, 9.17) is 4.52 Å². The molecular formula is C10H12F3N3O. The van der Waals surface area contributed by atoms with Crippen LogP contribution in [0.25, 0.3) is 0 Å². The van der Waals surface area contributed by atoms with Gasteiger partial charge in [0.1, 0.15) is 5.41 Å². The normalized spacial score (nSPS) is 27.4. The fourth-order valence-electron chi connectivity index (χ4n) is 2.21. The van der Waals surface area contributed by atoms with Crippen molar-refractivity contribution in [1.29, 1.82) is 0 Å². The van der Waals surface area contributed by atoms with Gasteiger partial charge in [-0.05, 0) is 25.8 Å². The van der Waals surface area contributed by atoms with E-state index in [-0.39, 0.29) is 24.7 Å². The van der Waals surface area contributed by atoms with E-state index in [1.165, 1.54) is 0 Å². The molecule has 0 bridgehead atoms. The molecule has 94 valence electrons. The second-order valence-electron chi connectivity index (χ2n) is 4.73. The molecule has 0 radical (unpaired) electrons. The molecule has 1 aliphatic heterocycles. The summed E-state index contributed by atoms with van der Waals surface area (Å²) in [5, 5.41) is 6.81. The third-order valence-corrected chi connectivity index (χ3v) is 3.57. The van der Waals surface area contributed by atoms with Gasteiger partial charge in [-0.2, -0.15) is 18.2 Å². The second kappa shape index (κ2) is 3.44. The van der Waals surface area contributed by atoms with Crippen LogP contribution in [-0.2, 0) is 5.41 Å². The van der Waals surface area contributed by atoms with Crippen LogP contribution in [0, 0.1) is 0 Å². The molecule has 1 saturated carbocycles. The highest BCUT2D eigenvalue weighted by atomic mass is 19.4. The van der Waals surface area contributed by atoms with E-state index in [0.717, 1.165) is 13.0 Å². The maximum Gasteiger partial charge on any atom is 0.403 e. The van der Waals surface area contributed by atoms with Crippen molar-refractivity contribution in [3.05, 3.63) is 11.7 Å². The van der Waals surface area contributed by atoms with Crippen LogP contribution in [0.15, 0.2) is 4.52 Å². The SMILES string of the molecule is FC(F)(F)C1(c2nc([C@H]3CCNC3)no2)CC1. The van der Waals surface area contributed by atoms with Crippen molar-refractivity contribution >= 4 is 0 Å². The molecule has 4 nitrogen and oxygen atoms in total. The summed E-state index contributed by atoms with van der Waals surface area (Å²) in [4.78, 5) is 3.96. The second-order valence-corrected chi connectivity index (χ2v) is 4.73. The molecule has 0 amide bonds. The zero-order valence-corrected chi connectivity index (χ0v) is 9.05. The van der Waals surface area contributed by atoms with E-state index in [9.17, 15) is 13.2 Å². The zero-order valence-electron chi connectivity index (χ0n) is 9.05. The van der Waals surface area contributed by atoms with Crippen molar-refractivity contribution in [3.8, 4) is 0 Å². The van der Waals surface area contributed by atoms with Gasteiger partial charge in [-0.1, -0.05) is 5.16 Å². The maximum absolute atomic E-state index is 12.8. The molecule has 0 aromatic carbocycles. The Morgan fingerprint density at radius 1 is 1.35 bits per heavy atom. The first-order valence-corrected chi connectivity index (χ1v) is 5.64. The van der Waals surface area contributed by atoms with Crippen LogP contribution in [-0.4, -0.2) is 29.4 Å². The number of hydrogen-bond donors (Lipinski definition) is 1. The lowest BCUT2D eigenvalue weighted by Crippen LogP contribution is -2.29. The summed E-state index contributed by atoms with van der Waals surface area (Å²) in [6.07, 6.45) is -3.33. The number of rotatable bonds is 2. The van der Waals surface area contributed by atoms with Gasteiger partial charge in [-0.25, -0.2) is 0 Å². The van der Waals surface area contributed by atoms with Gasteiger partial charge in [-0.3, -0.25) is 0 Å². The topological polar surface area (TPSA) is 51.0 Å². The largest absolute Gasteiger partial charge is 0.403 e. The monoisotopic (exact) mass is 247 g/mol. The smallest absolute Gasteiger partial charge is 0.338 e. The lowest BCUT2D eigenvalue weighted by Gasteiger charge is -2.13. The van der Waals surface area contributed by atoms with Crippen molar-refractivity contribution in [2.24, 2.45) is 0 Å². The molecule has 2 fully saturated rings. The molecule has 1 N–H and O–H groups in total. The van der Waals surface area contributed by atoms with Crippen molar-refractivity contribution in [2.45, 2.75) is 36.8 Å². The molecule has 1 aromatic rings. The first-order valence-electron chi connectivity index (χ1n) is 5.64. The minimum atomic E-state index is -4.29. The number of aromatic nitrogens is 2. The van der Waals surface area contributed by atoms with Crippen LogP contribution in [0.4, 0.5) is 13.2 Å². The Hall–Kier alpha value is -1.11. The molecule has 7 heteroatoms. The molecule has 2 aliphatic rings. The minimum Gasteiger partial charge on any atom is -0.338 e. The number of alkyl halides is 3. The molecule has 1 atom stereocenters. The van der Waals surface area contributed by atoms with Gasteiger partial charge in [0.2, 0.25) is 5.89 Å². The lowest BCUT2D eigenvalue weighted by molar-refractivity contribution is -0.166. The van der Waals surface area contributed by atoms with Gasteiger partial charge < -0.3 is 9.84 Å². The highest BCUT2D eigenvalue weighted by Crippen LogP contribution is 2.58. The van der Waals surface area contributed by atoms with Crippen molar-refractivity contribution in [3.63, 3.8) is 0 Å². The average Bonchev–Trinajstić information content (AvgIpc) is 2.76. The molecule has 0 unspecified atom stereocenters. The standard InChI is InChI=1S/C10H12F3N3O/c11-10(12,13)9(2-3-9)8-15-7(16-17-8)6-1-4-14-5-6/h6,14H,1-5H2/t6-/m0/s1. The molecule has 2 heterocycles. The molecule has 17 heavy (non-hydrogen) atoms. The molecule has 0 spiro atoms.